The van der Waals surface area contributed by atoms with Gasteiger partial charge in [-0.25, -0.2) is 13.1 Å². The molecule has 7 heteroatoms. The summed E-state index contributed by atoms with van der Waals surface area (Å²) in [5, 5.41) is 11.0. The second-order valence-corrected chi connectivity index (χ2v) is 4.82. The summed E-state index contributed by atoms with van der Waals surface area (Å²) in [4.78, 5) is 0. The molecule has 6 nitrogen and oxygen atoms in total. The Morgan fingerprint density at radius 3 is 2.93 bits per heavy atom. The van der Waals surface area contributed by atoms with E-state index in [1.807, 2.05) is 0 Å². The molecular weight excluding hydrogens is 218 g/mol. The van der Waals surface area contributed by atoms with Gasteiger partial charge in [0.15, 0.2) is 11.0 Å². The van der Waals surface area contributed by atoms with Crippen LogP contribution in [0.5, 0.6) is 0 Å². The van der Waals surface area contributed by atoms with E-state index in [1.165, 1.54) is 6.20 Å². The summed E-state index contributed by atoms with van der Waals surface area (Å²) in [5.74, 6) is 0.409. The highest BCUT2D eigenvalue weighted by Gasteiger charge is 2.22. The number of sulfonamides is 1. The summed E-state index contributed by atoms with van der Waals surface area (Å²) in [6, 6.07) is 3.28. The van der Waals surface area contributed by atoms with Crippen LogP contribution in [0.3, 0.4) is 0 Å². The predicted molar refractivity (Wildman–Crippen MR) is 52.0 cm³/mol. The van der Waals surface area contributed by atoms with Crippen LogP contribution in [0.15, 0.2) is 16.8 Å². The largest absolute Gasteiger partial charge is 0.360 e. The van der Waals surface area contributed by atoms with Crippen LogP contribution in [-0.4, -0.2) is 18.8 Å². The van der Waals surface area contributed by atoms with Gasteiger partial charge in [0.25, 0.3) is 0 Å². The van der Waals surface area contributed by atoms with E-state index in [2.05, 4.69) is 9.88 Å². The first kappa shape index (κ1) is 11.7. The van der Waals surface area contributed by atoms with Crippen LogP contribution in [0.2, 0.25) is 0 Å². The van der Waals surface area contributed by atoms with Crippen molar-refractivity contribution in [1.82, 2.24) is 9.88 Å². The molecule has 0 bridgehead atoms. The minimum absolute atomic E-state index is 0.0144. The number of nitriles is 1. The summed E-state index contributed by atoms with van der Waals surface area (Å²) < 4.78 is 30.0. The zero-order chi connectivity index (χ0) is 11.3. The lowest BCUT2D eigenvalue weighted by Crippen LogP contribution is -2.32. The molecule has 1 N–H and O–H groups in total. The number of nitrogens with one attached hydrogen (secondary N) is 1. The van der Waals surface area contributed by atoms with Gasteiger partial charge in [-0.05, 0) is 6.42 Å². The average molecular weight is 229 g/mol. The van der Waals surface area contributed by atoms with Crippen LogP contribution in [0, 0.1) is 11.3 Å². The number of aromatic nitrogens is 1. The SMILES string of the molecule is CCC(C#N)S(=O)(=O)NCc1ccno1. The smallest absolute Gasteiger partial charge is 0.228 e. The number of rotatable bonds is 5. The zero-order valence-electron chi connectivity index (χ0n) is 8.17. The number of nitrogens with zero attached hydrogens (tertiary/aromatic N) is 2. The number of hydrogen-bond donors (Lipinski definition) is 1. The van der Waals surface area contributed by atoms with Crippen molar-refractivity contribution in [2.24, 2.45) is 0 Å². The molecule has 0 aliphatic carbocycles. The van der Waals surface area contributed by atoms with Gasteiger partial charge in [0.05, 0.1) is 18.8 Å². The Balaban J connectivity index is 2.62. The fraction of sp³-hybridized carbons (Fsp3) is 0.500. The van der Waals surface area contributed by atoms with Crippen molar-refractivity contribution < 1.29 is 12.9 Å². The fourth-order valence-corrected chi connectivity index (χ4v) is 2.11. The first-order valence-corrected chi connectivity index (χ1v) is 5.92. The molecule has 1 aromatic heterocycles. The maximum atomic E-state index is 11.5. The van der Waals surface area contributed by atoms with Gasteiger partial charge in [0, 0.05) is 6.07 Å². The molecule has 0 saturated heterocycles. The van der Waals surface area contributed by atoms with Gasteiger partial charge in [-0.1, -0.05) is 12.1 Å². The second-order valence-electron chi connectivity index (χ2n) is 2.87. The molecular formula is C8H11N3O3S. The highest BCUT2D eigenvalue weighted by Crippen LogP contribution is 2.04. The Bertz CT molecular complexity index is 432. The maximum absolute atomic E-state index is 11.5. The van der Waals surface area contributed by atoms with E-state index in [0.29, 0.717) is 5.76 Å². The highest BCUT2D eigenvalue weighted by molar-refractivity contribution is 7.90. The van der Waals surface area contributed by atoms with Crippen LogP contribution in [-0.2, 0) is 16.6 Å². The molecule has 1 rings (SSSR count). The lowest BCUT2D eigenvalue weighted by molar-refractivity contribution is 0.380. The van der Waals surface area contributed by atoms with E-state index >= 15 is 0 Å². The van der Waals surface area contributed by atoms with Gasteiger partial charge in [-0.15, -0.1) is 0 Å². The van der Waals surface area contributed by atoms with Crippen LogP contribution >= 0.6 is 0 Å². The van der Waals surface area contributed by atoms with Crippen LogP contribution in [0.4, 0.5) is 0 Å². The van der Waals surface area contributed by atoms with Gasteiger partial charge < -0.3 is 4.52 Å². The van der Waals surface area contributed by atoms with E-state index in [0.717, 1.165) is 0 Å². The van der Waals surface area contributed by atoms with Crippen LogP contribution < -0.4 is 4.72 Å². The lowest BCUT2D eigenvalue weighted by atomic mass is 10.4. The van der Waals surface area contributed by atoms with E-state index in [-0.39, 0.29) is 13.0 Å². The van der Waals surface area contributed by atoms with E-state index < -0.39 is 15.3 Å². The van der Waals surface area contributed by atoms with Crippen molar-refractivity contribution in [3.05, 3.63) is 18.0 Å². The molecule has 1 heterocycles. The number of hydrogen-bond acceptors (Lipinski definition) is 5. The van der Waals surface area contributed by atoms with Crippen molar-refractivity contribution in [2.75, 3.05) is 0 Å². The van der Waals surface area contributed by atoms with Gasteiger partial charge in [0.1, 0.15) is 0 Å². The molecule has 0 amide bonds. The topological polar surface area (TPSA) is 96.0 Å². The molecule has 1 atom stereocenters. The monoisotopic (exact) mass is 229 g/mol. The first-order chi connectivity index (χ1) is 7.10. The quantitative estimate of drug-likeness (QED) is 0.788. The van der Waals surface area contributed by atoms with Gasteiger partial charge in [-0.2, -0.15) is 5.26 Å². The Kier molecular flexibility index (Phi) is 3.82. The maximum Gasteiger partial charge on any atom is 0.228 e. The molecule has 1 aromatic rings. The third-order valence-corrected chi connectivity index (χ3v) is 3.56. The molecule has 0 radical (unpaired) electrons. The highest BCUT2D eigenvalue weighted by atomic mass is 32.2. The minimum atomic E-state index is -3.60. The summed E-state index contributed by atoms with van der Waals surface area (Å²) in [7, 11) is -3.60. The van der Waals surface area contributed by atoms with E-state index in [4.69, 9.17) is 9.78 Å². The van der Waals surface area contributed by atoms with Gasteiger partial charge in [-0.3, -0.25) is 0 Å². The molecule has 0 fully saturated rings. The van der Waals surface area contributed by atoms with Crippen LogP contribution in [0.25, 0.3) is 0 Å². The third-order valence-electron chi connectivity index (χ3n) is 1.83. The predicted octanol–water partition coefficient (Wildman–Crippen LogP) is 0.396. The molecule has 0 aromatic carbocycles. The van der Waals surface area contributed by atoms with Crippen molar-refractivity contribution in [1.29, 1.82) is 5.26 Å². The molecule has 0 spiro atoms. The molecule has 82 valence electrons. The Labute approximate surface area is 87.9 Å². The fourth-order valence-electron chi connectivity index (χ4n) is 0.986. The summed E-state index contributed by atoms with van der Waals surface area (Å²) >= 11 is 0. The summed E-state index contributed by atoms with van der Waals surface area (Å²) in [5.41, 5.74) is 0. The Morgan fingerprint density at radius 1 is 1.73 bits per heavy atom. The molecule has 0 aliphatic heterocycles. The second kappa shape index (κ2) is 4.91. The van der Waals surface area contributed by atoms with E-state index in [1.54, 1.807) is 19.1 Å². The van der Waals surface area contributed by atoms with Crippen molar-refractivity contribution in [3.8, 4) is 6.07 Å². The Hall–Kier alpha value is -1.39. The minimum Gasteiger partial charge on any atom is -0.360 e. The van der Waals surface area contributed by atoms with E-state index in [9.17, 15) is 8.42 Å². The molecule has 0 saturated carbocycles. The average Bonchev–Trinajstić information content (AvgIpc) is 2.69. The Morgan fingerprint density at radius 2 is 2.47 bits per heavy atom. The lowest BCUT2D eigenvalue weighted by Gasteiger charge is -2.07. The zero-order valence-corrected chi connectivity index (χ0v) is 8.99. The van der Waals surface area contributed by atoms with Crippen molar-refractivity contribution in [3.63, 3.8) is 0 Å². The van der Waals surface area contributed by atoms with Gasteiger partial charge in [0.2, 0.25) is 10.0 Å². The molecule has 1 unspecified atom stereocenters. The van der Waals surface area contributed by atoms with Gasteiger partial charge >= 0.3 is 0 Å². The third kappa shape index (κ3) is 3.04. The first-order valence-electron chi connectivity index (χ1n) is 4.37. The summed E-state index contributed by atoms with van der Waals surface area (Å²) in [6.07, 6.45) is 1.67. The van der Waals surface area contributed by atoms with Crippen molar-refractivity contribution >= 4 is 10.0 Å². The van der Waals surface area contributed by atoms with Crippen LogP contribution in [0.1, 0.15) is 19.1 Å². The normalized spacial score (nSPS) is 13.3. The molecule has 0 aliphatic rings. The summed E-state index contributed by atoms with van der Waals surface area (Å²) in [6.45, 7) is 1.65. The molecule has 15 heavy (non-hydrogen) atoms. The standard InChI is InChI=1S/C8H11N3O3S/c1-2-8(5-9)15(12,13)11-6-7-3-4-10-14-7/h3-4,8,11H,2,6H2,1H3. The van der Waals surface area contributed by atoms with Crippen molar-refractivity contribution in [2.45, 2.75) is 25.1 Å².